The Kier molecular flexibility index (Phi) is 4.33. The van der Waals surface area contributed by atoms with Gasteiger partial charge in [-0.05, 0) is 65.1 Å². The van der Waals surface area contributed by atoms with Crippen molar-refractivity contribution in [3.8, 4) is 11.5 Å². The molecule has 0 atom stereocenters. The molecule has 0 spiro atoms. The van der Waals surface area contributed by atoms with Gasteiger partial charge < -0.3 is 10.5 Å². The summed E-state index contributed by atoms with van der Waals surface area (Å²) in [5.74, 6) is 1.51. The van der Waals surface area contributed by atoms with Crippen LogP contribution in [0.25, 0.3) is 0 Å². The lowest BCUT2D eigenvalue weighted by Crippen LogP contribution is -2.03. The van der Waals surface area contributed by atoms with Crippen LogP contribution in [0.1, 0.15) is 11.1 Å². The summed E-state index contributed by atoms with van der Waals surface area (Å²) in [5, 5.41) is 0. The molecule has 94 valence electrons. The summed E-state index contributed by atoms with van der Waals surface area (Å²) in [6.07, 6.45) is 4.31. The minimum Gasteiger partial charge on any atom is -0.455 e. The van der Waals surface area contributed by atoms with E-state index < -0.39 is 0 Å². The van der Waals surface area contributed by atoms with Gasteiger partial charge in [-0.15, -0.1) is 0 Å². The van der Waals surface area contributed by atoms with Crippen LogP contribution in [0, 0.1) is 6.92 Å². The van der Waals surface area contributed by atoms with Gasteiger partial charge in [0.15, 0.2) is 0 Å². The van der Waals surface area contributed by atoms with E-state index in [1.54, 1.807) is 6.20 Å². The molecule has 18 heavy (non-hydrogen) atoms. The number of nitrogens with zero attached hydrogens (tertiary/aromatic N) is 1. The van der Waals surface area contributed by atoms with E-state index >= 15 is 0 Å². The van der Waals surface area contributed by atoms with Gasteiger partial charge in [0.1, 0.15) is 11.5 Å². The fraction of sp³-hybridized carbons (Fsp3) is 0.214. The summed E-state index contributed by atoms with van der Waals surface area (Å²) in [7, 11) is 0. The van der Waals surface area contributed by atoms with E-state index in [2.05, 4.69) is 20.9 Å². The molecule has 4 heteroatoms. The maximum Gasteiger partial charge on any atom is 0.146 e. The minimum atomic E-state index is 0.610. The highest BCUT2D eigenvalue weighted by Gasteiger charge is 2.04. The molecule has 0 aliphatic heterocycles. The molecule has 2 aromatic rings. The Hall–Kier alpha value is -1.39. The zero-order chi connectivity index (χ0) is 13.0. The van der Waals surface area contributed by atoms with E-state index in [0.717, 1.165) is 28.0 Å². The number of rotatable bonds is 4. The topological polar surface area (TPSA) is 48.1 Å². The van der Waals surface area contributed by atoms with E-state index in [9.17, 15) is 0 Å². The fourth-order valence-corrected chi connectivity index (χ4v) is 2.21. The molecule has 0 aliphatic rings. The van der Waals surface area contributed by atoms with Crippen LogP contribution in [-0.2, 0) is 6.42 Å². The van der Waals surface area contributed by atoms with Crippen molar-refractivity contribution >= 4 is 15.9 Å². The van der Waals surface area contributed by atoms with Gasteiger partial charge in [-0.2, -0.15) is 0 Å². The van der Waals surface area contributed by atoms with Crippen molar-refractivity contribution in [3.05, 3.63) is 52.3 Å². The third kappa shape index (κ3) is 3.31. The smallest absolute Gasteiger partial charge is 0.146 e. The van der Waals surface area contributed by atoms with Crippen molar-refractivity contribution in [3.63, 3.8) is 0 Å². The van der Waals surface area contributed by atoms with Crippen LogP contribution in [0.3, 0.4) is 0 Å². The van der Waals surface area contributed by atoms with Crippen LogP contribution >= 0.6 is 15.9 Å². The van der Waals surface area contributed by atoms with Gasteiger partial charge in [0.25, 0.3) is 0 Å². The molecular weight excluding hydrogens is 292 g/mol. The number of nitrogens with two attached hydrogens (primary N) is 1. The number of aromatic nitrogens is 1. The van der Waals surface area contributed by atoms with E-state index in [1.165, 1.54) is 5.56 Å². The molecular formula is C14H15BrN2O. The van der Waals surface area contributed by atoms with Crippen molar-refractivity contribution < 1.29 is 4.74 Å². The average Bonchev–Trinajstić information content (AvgIpc) is 2.34. The number of hydrogen-bond donors (Lipinski definition) is 1. The first-order valence-corrected chi connectivity index (χ1v) is 6.56. The maximum absolute atomic E-state index is 5.80. The second-order valence-corrected chi connectivity index (χ2v) is 4.96. The second kappa shape index (κ2) is 5.98. The van der Waals surface area contributed by atoms with Crippen LogP contribution in [0.15, 0.2) is 41.1 Å². The predicted octanol–water partition coefficient (Wildman–Crippen LogP) is 3.45. The molecule has 1 heterocycles. The van der Waals surface area contributed by atoms with Crippen molar-refractivity contribution in [2.75, 3.05) is 6.54 Å². The van der Waals surface area contributed by atoms with Crippen molar-refractivity contribution in [2.45, 2.75) is 13.3 Å². The van der Waals surface area contributed by atoms with Gasteiger partial charge in [0.2, 0.25) is 0 Å². The lowest BCUT2D eigenvalue weighted by molar-refractivity contribution is 0.476. The molecule has 1 aromatic heterocycles. The standard InChI is InChI=1S/C14H15BrN2O/c1-10-2-3-14(13(15)6-10)18-12-7-11(4-5-16)8-17-9-12/h2-3,6-9H,4-5,16H2,1H3. The first-order valence-electron chi connectivity index (χ1n) is 5.77. The number of aryl methyl sites for hydroxylation is 1. The van der Waals surface area contributed by atoms with Gasteiger partial charge in [0, 0.05) is 6.20 Å². The first-order chi connectivity index (χ1) is 8.69. The predicted molar refractivity (Wildman–Crippen MR) is 75.9 cm³/mol. The minimum absolute atomic E-state index is 0.610. The zero-order valence-electron chi connectivity index (χ0n) is 10.2. The summed E-state index contributed by atoms with van der Waals surface area (Å²) in [6.45, 7) is 2.65. The first kappa shape index (κ1) is 13.1. The SMILES string of the molecule is Cc1ccc(Oc2cncc(CCN)c2)c(Br)c1. The quantitative estimate of drug-likeness (QED) is 0.941. The lowest BCUT2D eigenvalue weighted by atomic mass is 10.2. The largest absolute Gasteiger partial charge is 0.455 e. The molecule has 0 bridgehead atoms. The van der Waals surface area contributed by atoms with Gasteiger partial charge >= 0.3 is 0 Å². The van der Waals surface area contributed by atoms with E-state index in [1.807, 2.05) is 37.4 Å². The van der Waals surface area contributed by atoms with Crippen LogP contribution < -0.4 is 10.5 Å². The van der Waals surface area contributed by atoms with E-state index in [0.29, 0.717) is 6.54 Å². The highest BCUT2D eigenvalue weighted by atomic mass is 79.9. The zero-order valence-corrected chi connectivity index (χ0v) is 11.8. The highest BCUT2D eigenvalue weighted by molar-refractivity contribution is 9.10. The third-order valence-corrected chi connectivity index (χ3v) is 3.14. The van der Waals surface area contributed by atoms with Crippen LogP contribution in [0.5, 0.6) is 11.5 Å². The lowest BCUT2D eigenvalue weighted by Gasteiger charge is -2.09. The van der Waals surface area contributed by atoms with Crippen molar-refractivity contribution in [1.29, 1.82) is 0 Å². The number of hydrogen-bond acceptors (Lipinski definition) is 3. The molecule has 0 saturated carbocycles. The summed E-state index contributed by atoms with van der Waals surface area (Å²) in [5.41, 5.74) is 7.79. The normalized spacial score (nSPS) is 10.4. The molecule has 1 aromatic carbocycles. The maximum atomic E-state index is 5.80. The Morgan fingerprint density at radius 3 is 2.83 bits per heavy atom. The molecule has 0 unspecified atom stereocenters. The van der Waals surface area contributed by atoms with E-state index in [4.69, 9.17) is 10.5 Å². The molecule has 2 N–H and O–H groups in total. The van der Waals surface area contributed by atoms with Crippen LogP contribution in [0.4, 0.5) is 0 Å². The summed E-state index contributed by atoms with van der Waals surface area (Å²) in [6, 6.07) is 7.94. The Morgan fingerprint density at radius 2 is 2.11 bits per heavy atom. The molecule has 3 nitrogen and oxygen atoms in total. The van der Waals surface area contributed by atoms with E-state index in [-0.39, 0.29) is 0 Å². The van der Waals surface area contributed by atoms with Crippen LogP contribution in [0.2, 0.25) is 0 Å². The highest BCUT2D eigenvalue weighted by Crippen LogP contribution is 2.30. The molecule has 0 radical (unpaired) electrons. The van der Waals surface area contributed by atoms with Gasteiger partial charge in [0.05, 0.1) is 10.7 Å². The number of benzene rings is 1. The number of pyridine rings is 1. The monoisotopic (exact) mass is 306 g/mol. The molecule has 0 aliphatic carbocycles. The molecule has 2 rings (SSSR count). The number of ether oxygens (including phenoxy) is 1. The summed E-state index contributed by atoms with van der Waals surface area (Å²) in [4.78, 5) is 4.15. The van der Waals surface area contributed by atoms with Crippen molar-refractivity contribution in [2.24, 2.45) is 5.73 Å². The van der Waals surface area contributed by atoms with Gasteiger partial charge in [-0.3, -0.25) is 4.98 Å². The Morgan fingerprint density at radius 1 is 1.28 bits per heavy atom. The fourth-order valence-electron chi connectivity index (χ4n) is 1.64. The van der Waals surface area contributed by atoms with Crippen LogP contribution in [-0.4, -0.2) is 11.5 Å². The molecule has 0 saturated heterocycles. The van der Waals surface area contributed by atoms with Crippen molar-refractivity contribution in [1.82, 2.24) is 4.98 Å². The number of halogens is 1. The molecule has 0 fully saturated rings. The third-order valence-electron chi connectivity index (χ3n) is 2.52. The average molecular weight is 307 g/mol. The Labute approximate surface area is 115 Å². The summed E-state index contributed by atoms with van der Waals surface area (Å²) < 4.78 is 6.74. The van der Waals surface area contributed by atoms with Gasteiger partial charge in [-0.1, -0.05) is 6.07 Å². The Balaban J connectivity index is 2.20. The Bertz CT molecular complexity index is 543. The summed E-state index contributed by atoms with van der Waals surface area (Å²) >= 11 is 3.49. The molecule has 0 amide bonds. The second-order valence-electron chi connectivity index (χ2n) is 4.10. The van der Waals surface area contributed by atoms with Gasteiger partial charge in [-0.25, -0.2) is 0 Å².